The van der Waals surface area contributed by atoms with Crippen molar-refractivity contribution in [3.8, 4) is 0 Å². The van der Waals surface area contributed by atoms with E-state index < -0.39 is 0 Å². The van der Waals surface area contributed by atoms with Gasteiger partial charge in [0.1, 0.15) is 5.03 Å². The molecule has 0 aliphatic carbocycles. The molecule has 2 heterocycles. The van der Waals surface area contributed by atoms with E-state index in [9.17, 15) is 4.79 Å². The van der Waals surface area contributed by atoms with Crippen LogP contribution in [0.2, 0.25) is 0 Å². The van der Waals surface area contributed by atoms with Crippen LogP contribution in [0.5, 0.6) is 0 Å². The largest absolute Gasteiger partial charge is 0.323 e. The molecule has 1 aliphatic rings. The van der Waals surface area contributed by atoms with Gasteiger partial charge in [-0.25, -0.2) is 4.98 Å². The smallest absolute Gasteiger partial charge is 0.237 e. The summed E-state index contributed by atoms with van der Waals surface area (Å²) in [6.45, 7) is 3.98. The summed E-state index contributed by atoms with van der Waals surface area (Å²) in [5.41, 5.74) is 1.92. The first-order valence-electron chi connectivity index (χ1n) is 4.65. The molecule has 2 rings (SSSR count). The second kappa shape index (κ2) is 3.61. The van der Waals surface area contributed by atoms with Gasteiger partial charge in [0, 0.05) is 6.20 Å². The highest BCUT2D eigenvalue weighted by atomic mass is 32.2. The van der Waals surface area contributed by atoms with E-state index in [0.29, 0.717) is 0 Å². The molecule has 0 bridgehead atoms. The minimum Gasteiger partial charge on any atom is -0.323 e. The molecule has 0 saturated heterocycles. The molecule has 0 aromatic carbocycles. The lowest BCUT2D eigenvalue weighted by molar-refractivity contribution is -0.115. The van der Waals surface area contributed by atoms with Gasteiger partial charge >= 0.3 is 0 Å². The molecule has 1 atom stereocenters. The van der Waals surface area contributed by atoms with Crippen LogP contribution >= 0.6 is 11.8 Å². The van der Waals surface area contributed by atoms with Crippen molar-refractivity contribution < 1.29 is 4.79 Å². The lowest BCUT2D eigenvalue weighted by Gasteiger charge is -2.22. The number of rotatable bonds is 1. The summed E-state index contributed by atoms with van der Waals surface area (Å²) < 4.78 is 0. The van der Waals surface area contributed by atoms with E-state index in [1.54, 1.807) is 11.8 Å². The van der Waals surface area contributed by atoms with E-state index in [2.05, 4.69) is 10.3 Å². The molecule has 1 aromatic heterocycles. The summed E-state index contributed by atoms with van der Waals surface area (Å²) in [6.07, 6.45) is 2.67. The number of fused-ring (bicyclic) bond motifs is 1. The Morgan fingerprint density at radius 1 is 1.64 bits per heavy atom. The first-order valence-corrected chi connectivity index (χ1v) is 5.53. The third-order valence-corrected chi connectivity index (χ3v) is 3.54. The summed E-state index contributed by atoms with van der Waals surface area (Å²) in [7, 11) is 0. The van der Waals surface area contributed by atoms with Crippen LogP contribution < -0.4 is 5.32 Å². The van der Waals surface area contributed by atoms with Crippen LogP contribution in [0.3, 0.4) is 0 Å². The van der Waals surface area contributed by atoms with Gasteiger partial charge in [-0.2, -0.15) is 0 Å². The van der Waals surface area contributed by atoms with Crippen LogP contribution in [-0.4, -0.2) is 16.1 Å². The maximum Gasteiger partial charge on any atom is 0.237 e. The van der Waals surface area contributed by atoms with Crippen molar-refractivity contribution in [3.05, 3.63) is 17.8 Å². The Kier molecular flexibility index (Phi) is 2.46. The summed E-state index contributed by atoms with van der Waals surface area (Å²) in [6, 6.07) is 1.96. The first kappa shape index (κ1) is 9.52. The normalized spacial score (nSPS) is 20.1. The van der Waals surface area contributed by atoms with E-state index in [1.807, 2.05) is 26.1 Å². The van der Waals surface area contributed by atoms with Gasteiger partial charge in [0.05, 0.1) is 10.9 Å². The molecule has 0 saturated carbocycles. The van der Waals surface area contributed by atoms with Gasteiger partial charge in [-0.3, -0.25) is 4.79 Å². The van der Waals surface area contributed by atoms with E-state index in [4.69, 9.17) is 0 Å². The number of anilines is 1. The molecule has 3 nitrogen and oxygen atoms in total. The molecule has 0 fully saturated rings. The zero-order valence-corrected chi connectivity index (χ0v) is 9.02. The molecule has 4 heteroatoms. The number of amides is 1. The van der Waals surface area contributed by atoms with Gasteiger partial charge < -0.3 is 5.32 Å². The van der Waals surface area contributed by atoms with Gasteiger partial charge in [0.25, 0.3) is 0 Å². The zero-order chi connectivity index (χ0) is 10.1. The molecular weight excluding hydrogens is 196 g/mol. The van der Waals surface area contributed by atoms with Crippen LogP contribution in [0.25, 0.3) is 0 Å². The fraction of sp³-hybridized carbons (Fsp3) is 0.400. The van der Waals surface area contributed by atoms with Gasteiger partial charge in [-0.1, -0.05) is 18.7 Å². The number of hydrogen-bond donors (Lipinski definition) is 1. The Morgan fingerprint density at radius 3 is 3.14 bits per heavy atom. The third kappa shape index (κ3) is 1.62. The highest BCUT2D eigenvalue weighted by Gasteiger charge is 2.26. The number of thioether (sulfide) groups is 1. The summed E-state index contributed by atoms with van der Waals surface area (Å²) in [5, 5.41) is 3.82. The fourth-order valence-electron chi connectivity index (χ4n) is 1.41. The van der Waals surface area contributed by atoms with Gasteiger partial charge in [0.15, 0.2) is 0 Å². The summed E-state index contributed by atoms with van der Waals surface area (Å²) >= 11 is 1.55. The van der Waals surface area contributed by atoms with Crippen LogP contribution in [0.15, 0.2) is 17.3 Å². The van der Waals surface area contributed by atoms with Crippen LogP contribution in [0.1, 0.15) is 18.9 Å². The van der Waals surface area contributed by atoms with E-state index >= 15 is 0 Å². The quantitative estimate of drug-likeness (QED) is 0.769. The van der Waals surface area contributed by atoms with Crippen molar-refractivity contribution in [2.24, 2.45) is 0 Å². The molecular formula is C10H12N2OS. The van der Waals surface area contributed by atoms with Crippen LogP contribution in [-0.2, 0) is 4.79 Å². The van der Waals surface area contributed by atoms with E-state index in [0.717, 1.165) is 22.7 Å². The Morgan fingerprint density at radius 2 is 2.43 bits per heavy atom. The van der Waals surface area contributed by atoms with Crippen molar-refractivity contribution in [3.63, 3.8) is 0 Å². The predicted octanol–water partition coefficient (Wildman–Crippen LogP) is 2.21. The van der Waals surface area contributed by atoms with E-state index in [1.165, 1.54) is 0 Å². The average molecular weight is 208 g/mol. The third-order valence-electron chi connectivity index (χ3n) is 2.16. The van der Waals surface area contributed by atoms with E-state index in [-0.39, 0.29) is 11.2 Å². The first-order chi connectivity index (χ1) is 6.70. The van der Waals surface area contributed by atoms with Crippen molar-refractivity contribution in [2.75, 3.05) is 5.32 Å². The number of aromatic nitrogens is 1. The Hall–Kier alpha value is -1.03. The molecule has 1 N–H and O–H groups in total. The van der Waals surface area contributed by atoms with Crippen LogP contribution in [0.4, 0.5) is 5.69 Å². The second-order valence-corrected chi connectivity index (χ2v) is 4.56. The minimum atomic E-state index is 0.0118. The highest BCUT2D eigenvalue weighted by molar-refractivity contribution is 8.00. The maximum atomic E-state index is 11.5. The average Bonchev–Trinajstić information content (AvgIpc) is 2.16. The van der Waals surface area contributed by atoms with Crippen molar-refractivity contribution >= 4 is 23.4 Å². The number of hydrogen-bond acceptors (Lipinski definition) is 3. The molecule has 0 spiro atoms. The summed E-state index contributed by atoms with van der Waals surface area (Å²) in [5.74, 6) is 0.0948. The number of nitrogens with one attached hydrogen (secondary N) is 1. The Bertz CT molecular complexity index is 378. The SMILES string of the molecule is CCC1Sc2ncc(C)cc2NC1=O. The zero-order valence-electron chi connectivity index (χ0n) is 8.20. The van der Waals surface area contributed by atoms with Crippen molar-refractivity contribution in [1.82, 2.24) is 4.98 Å². The topological polar surface area (TPSA) is 42.0 Å². The number of pyridine rings is 1. The van der Waals surface area contributed by atoms with Gasteiger partial charge in [-0.15, -0.1) is 0 Å². The molecule has 14 heavy (non-hydrogen) atoms. The monoisotopic (exact) mass is 208 g/mol. The lowest BCUT2D eigenvalue weighted by atomic mass is 10.2. The summed E-state index contributed by atoms with van der Waals surface area (Å²) in [4.78, 5) is 15.8. The highest BCUT2D eigenvalue weighted by Crippen LogP contribution is 2.35. The molecule has 1 amide bonds. The molecule has 1 unspecified atom stereocenters. The molecule has 74 valence electrons. The maximum absolute atomic E-state index is 11.5. The van der Waals surface area contributed by atoms with Crippen molar-refractivity contribution in [1.29, 1.82) is 0 Å². The minimum absolute atomic E-state index is 0.0118. The second-order valence-electron chi connectivity index (χ2n) is 3.37. The Balaban J connectivity index is 2.35. The number of carbonyl (C=O) groups excluding carboxylic acids is 1. The Labute approximate surface area is 87.3 Å². The molecule has 0 radical (unpaired) electrons. The molecule has 1 aromatic rings. The number of nitrogens with zero attached hydrogens (tertiary/aromatic N) is 1. The van der Waals surface area contributed by atoms with Crippen molar-refractivity contribution in [2.45, 2.75) is 30.5 Å². The fourth-order valence-corrected chi connectivity index (χ4v) is 2.36. The van der Waals surface area contributed by atoms with Crippen LogP contribution in [0, 0.1) is 6.92 Å². The number of aryl methyl sites for hydroxylation is 1. The standard InChI is InChI=1S/C10H12N2OS/c1-3-8-9(13)12-7-4-6(2)5-11-10(7)14-8/h4-5,8H,3H2,1-2H3,(H,12,13). The lowest BCUT2D eigenvalue weighted by Crippen LogP contribution is -2.28. The van der Waals surface area contributed by atoms with Gasteiger partial charge in [-0.05, 0) is 25.0 Å². The number of carbonyl (C=O) groups is 1. The van der Waals surface area contributed by atoms with Gasteiger partial charge in [0.2, 0.25) is 5.91 Å². The predicted molar refractivity (Wildman–Crippen MR) is 57.5 cm³/mol. The molecule has 1 aliphatic heterocycles.